The molecule has 3 aliphatic carbocycles. The first-order chi connectivity index (χ1) is 11.8. The van der Waals surface area contributed by atoms with Crippen LogP contribution in [0.2, 0.25) is 0 Å². The Labute approximate surface area is 147 Å². The molecule has 3 unspecified atom stereocenters. The Morgan fingerprint density at radius 2 is 1.79 bits per heavy atom. The van der Waals surface area contributed by atoms with E-state index < -0.39 is 0 Å². The summed E-state index contributed by atoms with van der Waals surface area (Å²) in [5, 5.41) is 0. The Kier molecular flexibility index (Phi) is 5.26. The Bertz CT molecular complexity index is 462. The van der Waals surface area contributed by atoms with Gasteiger partial charge in [-0.2, -0.15) is 0 Å². The zero-order chi connectivity index (χ0) is 16.4. The van der Waals surface area contributed by atoms with E-state index in [0.29, 0.717) is 11.8 Å². The molecule has 2 bridgehead atoms. The lowest BCUT2D eigenvalue weighted by Crippen LogP contribution is -2.44. The van der Waals surface area contributed by atoms with Crippen LogP contribution < -0.4 is 0 Å². The molecule has 0 spiro atoms. The van der Waals surface area contributed by atoms with Crippen molar-refractivity contribution < 1.29 is 4.79 Å². The zero-order valence-electron chi connectivity index (χ0n) is 15.2. The normalized spacial score (nSPS) is 33.4. The van der Waals surface area contributed by atoms with E-state index in [1.807, 2.05) is 0 Å². The fourth-order valence-electron chi connectivity index (χ4n) is 5.56. The van der Waals surface area contributed by atoms with Gasteiger partial charge in [0.1, 0.15) is 0 Å². The van der Waals surface area contributed by atoms with Gasteiger partial charge in [-0.25, -0.2) is 0 Å². The van der Waals surface area contributed by atoms with Crippen molar-refractivity contribution in [1.82, 2.24) is 9.80 Å². The van der Waals surface area contributed by atoms with Gasteiger partial charge < -0.3 is 9.80 Å². The van der Waals surface area contributed by atoms with Crippen molar-refractivity contribution >= 4 is 5.91 Å². The molecule has 1 saturated heterocycles. The summed E-state index contributed by atoms with van der Waals surface area (Å²) in [6.07, 6.45) is 16.3. The van der Waals surface area contributed by atoms with Crippen LogP contribution in [0.1, 0.15) is 57.8 Å². The molecule has 0 aromatic rings. The summed E-state index contributed by atoms with van der Waals surface area (Å²) in [6, 6.07) is 0. The average molecular weight is 331 g/mol. The van der Waals surface area contributed by atoms with Crippen molar-refractivity contribution in [2.45, 2.75) is 57.8 Å². The molecule has 0 N–H and O–H groups in total. The Hall–Kier alpha value is -0.830. The molecule has 3 atom stereocenters. The molecule has 4 aliphatic rings. The number of hydrogen-bond donors (Lipinski definition) is 0. The van der Waals surface area contributed by atoms with Gasteiger partial charge in [0.25, 0.3) is 0 Å². The molecule has 1 heterocycles. The summed E-state index contributed by atoms with van der Waals surface area (Å²) >= 11 is 0. The van der Waals surface area contributed by atoms with Gasteiger partial charge in [-0.05, 0) is 69.4 Å². The fourth-order valence-corrected chi connectivity index (χ4v) is 5.56. The van der Waals surface area contributed by atoms with E-state index in [0.717, 1.165) is 50.2 Å². The number of rotatable bonds is 6. The smallest absolute Gasteiger partial charge is 0.225 e. The van der Waals surface area contributed by atoms with Crippen molar-refractivity contribution in [2.75, 3.05) is 32.7 Å². The SMILES string of the molecule is O=C(C1CCCCC1)N(CCN1CCCC1)CC1CC2C=CC1C2. The van der Waals surface area contributed by atoms with Gasteiger partial charge in [-0.1, -0.05) is 31.4 Å². The van der Waals surface area contributed by atoms with E-state index >= 15 is 0 Å². The first kappa shape index (κ1) is 16.6. The second-order valence-electron chi connectivity index (χ2n) is 8.71. The molecule has 134 valence electrons. The summed E-state index contributed by atoms with van der Waals surface area (Å²) in [5.74, 6) is 3.10. The van der Waals surface area contributed by atoms with Crippen LogP contribution in [0.25, 0.3) is 0 Å². The van der Waals surface area contributed by atoms with Crippen LogP contribution in [0.5, 0.6) is 0 Å². The number of nitrogens with zero attached hydrogens (tertiary/aromatic N) is 2. The molecule has 1 aliphatic heterocycles. The molecule has 3 fully saturated rings. The van der Waals surface area contributed by atoms with Gasteiger partial charge in [-0.3, -0.25) is 4.79 Å². The number of carbonyl (C=O) groups excluding carboxylic acids is 1. The Morgan fingerprint density at radius 3 is 2.46 bits per heavy atom. The maximum Gasteiger partial charge on any atom is 0.225 e. The number of hydrogen-bond acceptors (Lipinski definition) is 2. The topological polar surface area (TPSA) is 23.6 Å². The van der Waals surface area contributed by atoms with E-state index in [1.165, 1.54) is 58.0 Å². The highest BCUT2D eigenvalue weighted by atomic mass is 16.2. The standard InChI is InChI=1S/C21H34N2O/c24-21(18-6-2-1-3-7-18)23(13-12-22-10-4-5-11-22)16-20-15-17-8-9-19(20)14-17/h8-9,17-20H,1-7,10-16H2. The summed E-state index contributed by atoms with van der Waals surface area (Å²) in [6.45, 7) is 5.56. The lowest BCUT2D eigenvalue weighted by Gasteiger charge is -2.34. The molecule has 4 rings (SSSR count). The molecular weight excluding hydrogens is 296 g/mol. The van der Waals surface area contributed by atoms with Crippen molar-refractivity contribution in [1.29, 1.82) is 0 Å². The lowest BCUT2D eigenvalue weighted by molar-refractivity contribution is -0.137. The highest BCUT2D eigenvalue weighted by Gasteiger charge is 2.38. The maximum atomic E-state index is 13.2. The zero-order valence-corrected chi connectivity index (χ0v) is 15.2. The molecular formula is C21H34N2O. The van der Waals surface area contributed by atoms with Crippen molar-refractivity contribution in [2.24, 2.45) is 23.7 Å². The monoisotopic (exact) mass is 330 g/mol. The van der Waals surface area contributed by atoms with E-state index in [9.17, 15) is 4.79 Å². The van der Waals surface area contributed by atoms with E-state index in [2.05, 4.69) is 22.0 Å². The molecule has 0 aromatic carbocycles. The number of fused-ring (bicyclic) bond motifs is 2. The van der Waals surface area contributed by atoms with Crippen LogP contribution in [0, 0.1) is 23.7 Å². The van der Waals surface area contributed by atoms with Crippen LogP contribution >= 0.6 is 0 Å². The summed E-state index contributed by atoms with van der Waals surface area (Å²) in [7, 11) is 0. The first-order valence-electron chi connectivity index (χ1n) is 10.5. The van der Waals surface area contributed by atoms with Gasteiger partial charge in [0, 0.05) is 25.6 Å². The molecule has 3 heteroatoms. The number of amides is 1. The second kappa shape index (κ2) is 7.59. The second-order valence-corrected chi connectivity index (χ2v) is 8.71. The molecule has 3 nitrogen and oxygen atoms in total. The molecule has 0 radical (unpaired) electrons. The minimum absolute atomic E-state index is 0.325. The predicted octanol–water partition coefficient (Wildman–Crippen LogP) is 3.70. The predicted molar refractivity (Wildman–Crippen MR) is 97.7 cm³/mol. The minimum atomic E-state index is 0.325. The lowest BCUT2D eigenvalue weighted by atomic mass is 9.87. The highest BCUT2D eigenvalue weighted by Crippen LogP contribution is 2.43. The third-order valence-corrected chi connectivity index (χ3v) is 7.02. The van der Waals surface area contributed by atoms with Crippen LogP contribution in [-0.2, 0) is 4.79 Å². The Balaban J connectivity index is 1.37. The average Bonchev–Trinajstić information content (AvgIpc) is 3.36. The number of allylic oxidation sites excluding steroid dienone is 2. The van der Waals surface area contributed by atoms with Crippen LogP contribution in [0.3, 0.4) is 0 Å². The molecule has 24 heavy (non-hydrogen) atoms. The number of likely N-dealkylation sites (tertiary alicyclic amines) is 1. The van der Waals surface area contributed by atoms with Crippen LogP contribution in [-0.4, -0.2) is 48.4 Å². The van der Waals surface area contributed by atoms with Gasteiger partial charge in [-0.15, -0.1) is 0 Å². The molecule has 0 aromatic heterocycles. The van der Waals surface area contributed by atoms with E-state index in [-0.39, 0.29) is 0 Å². The van der Waals surface area contributed by atoms with Crippen molar-refractivity contribution in [3.63, 3.8) is 0 Å². The van der Waals surface area contributed by atoms with Gasteiger partial charge >= 0.3 is 0 Å². The quantitative estimate of drug-likeness (QED) is 0.693. The maximum absolute atomic E-state index is 13.2. The third-order valence-electron chi connectivity index (χ3n) is 7.02. The van der Waals surface area contributed by atoms with Crippen LogP contribution in [0.4, 0.5) is 0 Å². The minimum Gasteiger partial charge on any atom is -0.341 e. The largest absolute Gasteiger partial charge is 0.341 e. The van der Waals surface area contributed by atoms with E-state index in [4.69, 9.17) is 0 Å². The van der Waals surface area contributed by atoms with Gasteiger partial charge in [0.15, 0.2) is 0 Å². The highest BCUT2D eigenvalue weighted by molar-refractivity contribution is 5.79. The Morgan fingerprint density at radius 1 is 1.00 bits per heavy atom. The van der Waals surface area contributed by atoms with Crippen molar-refractivity contribution in [3.05, 3.63) is 12.2 Å². The fraction of sp³-hybridized carbons (Fsp3) is 0.857. The van der Waals surface area contributed by atoms with Gasteiger partial charge in [0.2, 0.25) is 5.91 Å². The van der Waals surface area contributed by atoms with Gasteiger partial charge in [0.05, 0.1) is 0 Å². The number of carbonyl (C=O) groups is 1. The first-order valence-corrected chi connectivity index (χ1v) is 10.5. The summed E-state index contributed by atoms with van der Waals surface area (Å²) in [5.41, 5.74) is 0. The third kappa shape index (κ3) is 3.71. The summed E-state index contributed by atoms with van der Waals surface area (Å²) < 4.78 is 0. The van der Waals surface area contributed by atoms with Crippen LogP contribution in [0.15, 0.2) is 12.2 Å². The van der Waals surface area contributed by atoms with Crippen molar-refractivity contribution in [3.8, 4) is 0 Å². The molecule has 1 amide bonds. The van der Waals surface area contributed by atoms with E-state index in [1.54, 1.807) is 0 Å². The summed E-state index contributed by atoms with van der Waals surface area (Å²) in [4.78, 5) is 18.0. The molecule has 2 saturated carbocycles.